The summed E-state index contributed by atoms with van der Waals surface area (Å²) in [6, 6.07) is 9.32. The maximum atomic E-state index is 4.05. The van der Waals surface area contributed by atoms with Gasteiger partial charge in [-0.15, -0.1) is 18.3 Å². The highest BCUT2D eigenvalue weighted by Crippen LogP contribution is 2.39. The topological polar surface area (TPSA) is 12.0 Å². The third kappa shape index (κ3) is 3.14. The molecule has 1 aromatic carbocycles. The Bertz CT molecular complexity index is 375. The van der Waals surface area contributed by atoms with E-state index in [9.17, 15) is 0 Å². The first-order valence-electron chi connectivity index (χ1n) is 6.33. The molecule has 1 nitrogen and oxygen atoms in total. The molecular formula is C15H21NS. The number of hydrogen-bond donors (Lipinski definition) is 1. The third-order valence-corrected chi connectivity index (χ3v) is 4.61. The lowest BCUT2D eigenvalue weighted by molar-refractivity contribution is 0.505. The maximum Gasteiger partial charge on any atom is 0.0292 e. The molecule has 92 valence electrons. The summed E-state index contributed by atoms with van der Waals surface area (Å²) in [4.78, 5) is 1.46. The van der Waals surface area contributed by atoms with Gasteiger partial charge in [-0.2, -0.15) is 0 Å². The van der Waals surface area contributed by atoms with Crippen LogP contribution in [0, 0.1) is 0 Å². The molecule has 17 heavy (non-hydrogen) atoms. The summed E-state index contributed by atoms with van der Waals surface area (Å²) in [6.45, 7) is 9.38. The fourth-order valence-electron chi connectivity index (χ4n) is 2.41. The van der Waals surface area contributed by atoms with E-state index >= 15 is 0 Å². The van der Waals surface area contributed by atoms with Crippen molar-refractivity contribution in [3.8, 4) is 0 Å². The smallest absolute Gasteiger partial charge is 0.0292 e. The minimum absolute atomic E-state index is 0.551. The van der Waals surface area contributed by atoms with Crippen LogP contribution in [0.15, 0.2) is 41.3 Å². The Balaban J connectivity index is 2.05. The van der Waals surface area contributed by atoms with Crippen molar-refractivity contribution in [2.45, 2.75) is 42.9 Å². The first-order valence-corrected chi connectivity index (χ1v) is 7.21. The standard InChI is InChI=1S/C15H21NS/c1-4-16-13(9-11(2)3)15-10-12-7-5-6-8-14(12)17-15/h5-8,13,15-16H,2,4,9-10H2,1,3H3. The summed E-state index contributed by atoms with van der Waals surface area (Å²) in [6.07, 6.45) is 2.27. The number of hydrogen-bond acceptors (Lipinski definition) is 2. The Morgan fingerprint density at radius 3 is 2.94 bits per heavy atom. The second-order valence-electron chi connectivity index (χ2n) is 4.79. The number of nitrogens with one attached hydrogen (secondary N) is 1. The molecule has 0 amide bonds. The van der Waals surface area contributed by atoms with Crippen molar-refractivity contribution in [2.75, 3.05) is 6.54 Å². The lowest BCUT2D eigenvalue weighted by atomic mass is 10.00. The molecule has 0 radical (unpaired) electrons. The molecule has 2 atom stereocenters. The summed E-state index contributed by atoms with van der Waals surface area (Å²) in [5, 5.41) is 4.27. The van der Waals surface area contributed by atoms with Gasteiger partial charge in [0, 0.05) is 16.2 Å². The molecule has 2 heteroatoms. The van der Waals surface area contributed by atoms with E-state index in [1.807, 2.05) is 11.8 Å². The molecule has 0 saturated heterocycles. The fourth-order valence-corrected chi connectivity index (χ4v) is 3.81. The van der Waals surface area contributed by atoms with Crippen LogP contribution < -0.4 is 5.32 Å². The number of benzene rings is 1. The van der Waals surface area contributed by atoms with Gasteiger partial charge in [0.25, 0.3) is 0 Å². The minimum Gasteiger partial charge on any atom is -0.313 e. The molecule has 1 aromatic rings. The van der Waals surface area contributed by atoms with Crippen LogP contribution in [0.4, 0.5) is 0 Å². The lowest BCUT2D eigenvalue weighted by Gasteiger charge is -2.23. The van der Waals surface area contributed by atoms with Crippen LogP contribution >= 0.6 is 11.8 Å². The molecular weight excluding hydrogens is 226 g/mol. The Hall–Kier alpha value is -0.730. The SMILES string of the molecule is C=C(C)CC(NCC)C1Cc2ccccc2S1. The van der Waals surface area contributed by atoms with Gasteiger partial charge in [0.05, 0.1) is 0 Å². The zero-order valence-corrected chi connectivity index (χ0v) is 11.5. The minimum atomic E-state index is 0.551. The largest absolute Gasteiger partial charge is 0.313 e. The van der Waals surface area contributed by atoms with E-state index in [2.05, 4.69) is 50.0 Å². The van der Waals surface area contributed by atoms with E-state index in [4.69, 9.17) is 0 Å². The molecule has 2 unspecified atom stereocenters. The van der Waals surface area contributed by atoms with Gasteiger partial charge in [-0.25, -0.2) is 0 Å². The van der Waals surface area contributed by atoms with E-state index in [-0.39, 0.29) is 0 Å². The van der Waals surface area contributed by atoms with Crippen molar-refractivity contribution < 1.29 is 0 Å². The van der Waals surface area contributed by atoms with E-state index in [1.54, 1.807) is 0 Å². The van der Waals surface area contributed by atoms with Crippen molar-refractivity contribution in [1.82, 2.24) is 5.32 Å². The second-order valence-corrected chi connectivity index (χ2v) is 6.07. The van der Waals surface area contributed by atoms with Gasteiger partial charge in [-0.3, -0.25) is 0 Å². The maximum absolute atomic E-state index is 4.05. The molecule has 0 bridgehead atoms. The molecule has 0 fully saturated rings. The number of thioether (sulfide) groups is 1. The fraction of sp³-hybridized carbons (Fsp3) is 0.467. The first kappa shape index (κ1) is 12.7. The molecule has 0 aromatic heterocycles. The molecule has 1 N–H and O–H groups in total. The first-order chi connectivity index (χ1) is 8.20. The van der Waals surface area contributed by atoms with Gasteiger partial charge >= 0.3 is 0 Å². The van der Waals surface area contributed by atoms with Crippen molar-refractivity contribution in [3.05, 3.63) is 42.0 Å². The van der Waals surface area contributed by atoms with Gasteiger partial charge in [0.15, 0.2) is 0 Å². The lowest BCUT2D eigenvalue weighted by Crippen LogP contribution is -2.38. The van der Waals surface area contributed by atoms with Crippen LogP contribution in [0.1, 0.15) is 25.8 Å². The average Bonchev–Trinajstić information content (AvgIpc) is 2.71. The Kier molecular flexibility index (Phi) is 4.30. The van der Waals surface area contributed by atoms with Gasteiger partial charge in [-0.1, -0.05) is 30.7 Å². The third-order valence-electron chi connectivity index (χ3n) is 3.16. The predicted molar refractivity (Wildman–Crippen MR) is 76.7 cm³/mol. The normalized spacial score (nSPS) is 20.0. The predicted octanol–water partition coefficient (Wildman–Crippen LogP) is 3.65. The van der Waals surface area contributed by atoms with Crippen LogP contribution in [0.3, 0.4) is 0 Å². The van der Waals surface area contributed by atoms with E-state index < -0.39 is 0 Å². The van der Waals surface area contributed by atoms with Gasteiger partial charge < -0.3 is 5.32 Å². The van der Waals surface area contributed by atoms with Crippen molar-refractivity contribution in [3.63, 3.8) is 0 Å². The quantitative estimate of drug-likeness (QED) is 0.797. The summed E-state index contributed by atoms with van der Waals surface area (Å²) in [5.74, 6) is 0. The highest BCUT2D eigenvalue weighted by atomic mass is 32.2. The molecule has 0 spiro atoms. The Labute approximate surface area is 109 Å². The van der Waals surface area contributed by atoms with E-state index in [0.717, 1.165) is 13.0 Å². The Morgan fingerprint density at radius 1 is 1.53 bits per heavy atom. The van der Waals surface area contributed by atoms with Gasteiger partial charge in [0.1, 0.15) is 0 Å². The molecule has 0 saturated carbocycles. The summed E-state index contributed by atoms with van der Waals surface area (Å²) in [7, 11) is 0. The van der Waals surface area contributed by atoms with Crippen LogP contribution in [0.25, 0.3) is 0 Å². The summed E-state index contributed by atoms with van der Waals surface area (Å²) < 4.78 is 0. The molecule has 1 heterocycles. The average molecular weight is 247 g/mol. The van der Waals surface area contributed by atoms with Crippen LogP contribution in [-0.2, 0) is 6.42 Å². The van der Waals surface area contributed by atoms with Crippen molar-refractivity contribution >= 4 is 11.8 Å². The Morgan fingerprint density at radius 2 is 2.29 bits per heavy atom. The van der Waals surface area contributed by atoms with Gasteiger partial charge in [0.2, 0.25) is 0 Å². The van der Waals surface area contributed by atoms with E-state index in [1.165, 1.54) is 22.5 Å². The molecule has 2 rings (SSSR count). The van der Waals surface area contributed by atoms with Crippen LogP contribution in [0.2, 0.25) is 0 Å². The number of fused-ring (bicyclic) bond motifs is 1. The van der Waals surface area contributed by atoms with Crippen molar-refractivity contribution in [1.29, 1.82) is 0 Å². The summed E-state index contributed by atoms with van der Waals surface area (Å²) >= 11 is 2.02. The zero-order valence-electron chi connectivity index (χ0n) is 10.7. The zero-order chi connectivity index (χ0) is 12.3. The number of rotatable bonds is 5. The molecule has 1 aliphatic rings. The highest BCUT2D eigenvalue weighted by Gasteiger charge is 2.28. The molecule has 0 aliphatic carbocycles. The summed E-state index contributed by atoms with van der Waals surface area (Å²) in [5.41, 5.74) is 2.78. The van der Waals surface area contributed by atoms with Crippen LogP contribution in [0.5, 0.6) is 0 Å². The van der Waals surface area contributed by atoms with Gasteiger partial charge in [-0.05, 0) is 37.9 Å². The van der Waals surface area contributed by atoms with Crippen molar-refractivity contribution in [2.24, 2.45) is 0 Å². The second kappa shape index (κ2) is 5.74. The molecule has 1 aliphatic heterocycles. The van der Waals surface area contributed by atoms with Crippen LogP contribution in [-0.4, -0.2) is 17.8 Å². The monoisotopic (exact) mass is 247 g/mol. The van der Waals surface area contributed by atoms with E-state index in [0.29, 0.717) is 11.3 Å². The highest BCUT2D eigenvalue weighted by molar-refractivity contribution is 8.00.